The summed E-state index contributed by atoms with van der Waals surface area (Å²) < 4.78 is 13.0. The van der Waals surface area contributed by atoms with Gasteiger partial charge in [-0.25, -0.2) is 4.39 Å². The van der Waals surface area contributed by atoms with Crippen LogP contribution in [-0.2, 0) is 0 Å². The first kappa shape index (κ1) is 11.7. The fourth-order valence-electron chi connectivity index (χ4n) is 1.86. The van der Waals surface area contributed by atoms with Crippen LogP contribution in [0.1, 0.15) is 12.8 Å². The van der Waals surface area contributed by atoms with Crippen molar-refractivity contribution in [2.45, 2.75) is 12.8 Å². The predicted molar refractivity (Wildman–Crippen MR) is 63.4 cm³/mol. The predicted octanol–water partition coefficient (Wildman–Crippen LogP) is 2.69. The molecule has 1 aromatic rings. The maximum Gasteiger partial charge on any atom is 0.141 e. The van der Waals surface area contributed by atoms with Gasteiger partial charge in [0.15, 0.2) is 0 Å². The van der Waals surface area contributed by atoms with Gasteiger partial charge in [0.1, 0.15) is 5.82 Å². The third kappa shape index (κ3) is 2.30. The summed E-state index contributed by atoms with van der Waals surface area (Å²) in [5, 5.41) is 9.38. The van der Waals surface area contributed by atoms with Crippen molar-refractivity contribution < 1.29 is 9.50 Å². The first-order valence-corrected chi connectivity index (χ1v) is 5.71. The minimum atomic E-state index is -0.401. The first-order chi connectivity index (χ1) is 7.56. The van der Waals surface area contributed by atoms with E-state index >= 15 is 0 Å². The van der Waals surface area contributed by atoms with Gasteiger partial charge in [0.25, 0.3) is 0 Å². The summed E-state index contributed by atoms with van der Waals surface area (Å²) in [5.41, 5.74) is 0.932. The van der Waals surface area contributed by atoms with E-state index in [9.17, 15) is 9.50 Å². The molecule has 1 aliphatic carbocycles. The van der Waals surface area contributed by atoms with Crippen molar-refractivity contribution in [2.24, 2.45) is 5.41 Å². The molecule has 0 aliphatic heterocycles. The quantitative estimate of drug-likeness (QED) is 0.879. The number of nitrogens with zero attached hydrogens (tertiary/aromatic N) is 1. The van der Waals surface area contributed by atoms with E-state index in [4.69, 9.17) is 11.6 Å². The van der Waals surface area contributed by atoms with Crippen LogP contribution < -0.4 is 4.90 Å². The molecular weight excluding hydrogens is 229 g/mol. The Bertz CT molecular complexity index is 393. The molecule has 0 unspecified atom stereocenters. The van der Waals surface area contributed by atoms with E-state index in [2.05, 4.69) is 0 Å². The molecule has 2 rings (SSSR count). The van der Waals surface area contributed by atoms with Gasteiger partial charge in [0, 0.05) is 24.7 Å². The van der Waals surface area contributed by atoms with Crippen molar-refractivity contribution in [2.75, 3.05) is 25.1 Å². The minimum Gasteiger partial charge on any atom is -0.396 e. The number of hydrogen-bond donors (Lipinski definition) is 1. The molecule has 0 spiro atoms. The molecule has 88 valence electrons. The van der Waals surface area contributed by atoms with Gasteiger partial charge in [0.2, 0.25) is 0 Å². The molecule has 0 heterocycles. The van der Waals surface area contributed by atoms with Crippen LogP contribution in [0.25, 0.3) is 0 Å². The van der Waals surface area contributed by atoms with E-state index < -0.39 is 5.82 Å². The molecule has 0 radical (unpaired) electrons. The summed E-state index contributed by atoms with van der Waals surface area (Å²) in [4.78, 5) is 2.01. The number of anilines is 1. The summed E-state index contributed by atoms with van der Waals surface area (Å²) in [6.07, 6.45) is 2.12. The Balaban J connectivity index is 2.09. The van der Waals surface area contributed by atoms with Crippen LogP contribution in [0, 0.1) is 11.2 Å². The lowest BCUT2D eigenvalue weighted by Crippen LogP contribution is -2.28. The maximum absolute atomic E-state index is 13.0. The molecule has 0 bridgehead atoms. The molecule has 0 saturated heterocycles. The highest BCUT2D eigenvalue weighted by Gasteiger charge is 2.42. The molecule has 2 nitrogen and oxygen atoms in total. The molecule has 0 amide bonds. The smallest absolute Gasteiger partial charge is 0.141 e. The number of hydrogen-bond acceptors (Lipinski definition) is 2. The van der Waals surface area contributed by atoms with Gasteiger partial charge in [-0.1, -0.05) is 11.6 Å². The zero-order valence-corrected chi connectivity index (χ0v) is 9.97. The van der Waals surface area contributed by atoms with E-state index in [0.717, 1.165) is 25.1 Å². The van der Waals surface area contributed by atoms with E-state index in [0.29, 0.717) is 0 Å². The Morgan fingerprint density at radius 3 is 2.69 bits per heavy atom. The molecule has 1 aliphatic rings. The average Bonchev–Trinajstić information content (AvgIpc) is 3.02. The Hall–Kier alpha value is -0.800. The van der Waals surface area contributed by atoms with E-state index in [1.54, 1.807) is 12.1 Å². The summed E-state index contributed by atoms with van der Waals surface area (Å²) in [5.74, 6) is -0.401. The van der Waals surface area contributed by atoms with Gasteiger partial charge < -0.3 is 10.0 Å². The van der Waals surface area contributed by atoms with E-state index in [1.165, 1.54) is 6.07 Å². The lowest BCUT2D eigenvalue weighted by molar-refractivity contribution is 0.215. The van der Waals surface area contributed by atoms with Gasteiger partial charge >= 0.3 is 0 Å². The summed E-state index contributed by atoms with van der Waals surface area (Å²) in [7, 11) is 1.93. The van der Waals surface area contributed by atoms with Crippen LogP contribution >= 0.6 is 11.6 Å². The largest absolute Gasteiger partial charge is 0.396 e. The number of halogens is 2. The highest BCUT2D eigenvalue weighted by molar-refractivity contribution is 6.31. The monoisotopic (exact) mass is 243 g/mol. The van der Waals surface area contributed by atoms with E-state index in [1.807, 2.05) is 11.9 Å². The van der Waals surface area contributed by atoms with Crippen LogP contribution in [0.5, 0.6) is 0 Å². The highest BCUT2D eigenvalue weighted by Crippen LogP contribution is 2.46. The lowest BCUT2D eigenvalue weighted by atomic mass is 10.1. The number of benzene rings is 1. The van der Waals surface area contributed by atoms with Gasteiger partial charge in [-0.15, -0.1) is 0 Å². The van der Waals surface area contributed by atoms with Gasteiger partial charge in [0.05, 0.1) is 11.6 Å². The molecular formula is C12H15ClFNO. The molecule has 0 atom stereocenters. The standard InChI is InChI=1S/C12H15ClFNO/c1-15(7-12(8-16)4-5-12)9-2-3-11(14)10(13)6-9/h2-3,6,16H,4-5,7-8H2,1H3. The van der Waals surface area contributed by atoms with Gasteiger partial charge in [-0.05, 0) is 31.0 Å². The number of aliphatic hydroxyl groups excluding tert-OH is 1. The van der Waals surface area contributed by atoms with Crippen molar-refractivity contribution in [3.05, 3.63) is 29.0 Å². The van der Waals surface area contributed by atoms with Crippen molar-refractivity contribution in [1.82, 2.24) is 0 Å². The molecule has 1 N–H and O–H groups in total. The Labute approximate surface area is 99.6 Å². The Morgan fingerprint density at radius 1 is 1.50 bits per heavy atom. The summed E-state index contributed by atoms with van der Waals surface area (Å²) >= 11 is 5.73. The fraction of sp³-hybridized carbons (Fsp3) is 0.500. The maximum atomic E-state index is 13.0. The molecule has 0 aromatic heterocycles. The Morgan fingerprint density at radius 2 is 2.19 bits per heavy atom. The van der Waals surface area contributed by atoms with Gasteiger partial charge in [-0.2, -0.15) is 0 Å². The average molecular weight is 244 g/mol. The van der Waals surface area contributed by atoms with Crippen molar-refractivity contribution in [3.8, 4) is 0 Å². The van der Waals surface area contributed by atoms with Crippen LogP contribution in [0.3, 0.4) is 0 Å². The van der Waals surface area contributed by atoms with Crippen LogP contribution in [0.15, 0.2) is 18.2 Å². The fourth-order valence-corrected chi connectivity index (χ4v) is 2.03. The highest BCUT2D eigenvalue weighted by atomic mass is 35.5. The second-order valence-electron chi connectivity index (χ2n) is 4.61. The molecule has 1 fully saturated rings. The first-order valence-electron chi connectivity index (χ1n) is 5.33. The molecule has 1 saturated carbocycles. The SMILES string of the molecule is CN(CC1(CO)CC1)c1ccc(F)c(Cl)c1. The normalized spacial score (nSPS) is 17.2. The van der Waals surface area contributed by atoms with Crippen LogP contribution in [-0.4, -0.2) is 25.3 Å². The zero-order valence-electron chi connectivity index (χ0n) is 9.21. The second kappa shape index (κ2) is 4.22. The molecule has 4 heteroatoms. The van der Waals surface area contributed by atoms with Crippen LogP contribution in [0.2, 0.25) is 5.02 Å². The van der Waals surface area contributed by atoms with Crippen LogP contribution in [0.4, 0.5) is 10.1 Å². The molecule has 1 aromatic carbocycles. The van der Waals surface area contributed by atoms with Crippen molar-refractivity contribution in [1.29, 1.82) is 0 Å². The minimum absolute atomic E-state index is 0.0512. The third-order valence-corrected chi connectivity index (χ3v) is 3.50. The summed E-state index contributed by atoms with van der Waals surface area (Å²) in [6, 6.07) is 4.69. The Kier molecular flexibility index (Phi) is 3.08. The van der Waals surface area contributed by atoms with Crippen molar-refractivity contribution in [3.63, 3.8) is 0 Å². The summed E-state index contributed by atoms with van der Waals surface area (Å²) in [6.45, 7) is 0.998. The zero-order chi connectivity index (χ0) is 11.8. The molecule has 16 heavy (non-hydrogen) atoms. The third-order valence-electron chi connectivity index (χ3n) is 3.21. The lowest BCUT2D eigenvalue weighted by Gasteiger charge is -2.24. The van der Waals surface area contributed by atoms with E-state index in [-0.39, 0.29) is 17.0 Å². The second-order valence-corrected chi connectivity index (χ2v) is 5.02. The van der Waals surface area contributed by atoms with Gasteiger partial charge in [-0.3, -0.25) is 0 Å². The number of rotatable bonds is 4. The van der Waals surface area contributed by atoms with Crippen molar-refractivity contribution >= 4 is 17.3 Å². The topological polar surface area (TPSA) is 23.5 Å². The number of aliphatic hydroxyl groups is 1.